The van der Waals surface area contributed by atoms with E-state index in [4.69, 9.17) is 14.2 Å². The van der Waals surface area contributed by atoms with E-state index in [1.807, 2.05) is 23.1 Å². The molecule has 7 heteroatoms. The number of nitrogens with zero attached hydrogens (tertiary/aromatic N) is 1. The first-order chi connectivity index (χ1) is 14.2. The van der Waals surface area contributed by atoms with Crippen LogP contribution < -0.4 is 14.8 Å². The first-order valence-corrected chi connectivity index (χ1v) is 9.90. The van der Waals surface area contributed by atoms with E-state index >= 15 is 0 Å². The Morgan fingerprint density at radius 2 is 1.86 bits per heavy atom. The maximum absolute atomic E-state index is 13.1. The number of ether oxygens (including phenoxy) is 3. The molecule has 2 aliphatic heterocycles. The van der Waals surface area contributed by atoms with Crippen LogP contribution in [0.25, 0.3) is 0 Å². The van der Waals surface area contributed by atoms with Crippen molar-refractivity contribution in [3.63, 3.8) is 0 Å². The van der Waals surface area contributed by atoms with Gasteiger partial charge in [-0.3, -0.25) is 10.1 Å². The lowest BCUT2D eigenvalue weighted by atomic mass is 10.0. The smallest absolute Gasteiger partial charge is 0.411 e. The number of likely N-dealkylation sites (tertiary alicyclic amines) is 1. The Labute approximate surface area is 169 Å². The minimum absolute atomic E-state index is 0.00987. The van der Waals surface area contributed by atoms with Crippen molar-refractivity contribution in [3.8, 4) is 11.5 Å². The minimum atomic E-state index is -0.509. The monoisotopic (exact) mass is 396 g/mol. The highest BCUT2D eigenvalue weighted by Crippen LogP contribution is 2.38. The Hall–Kier alpha value is -3.22. The number of rotatable bonds is 4. The third-order valence-corrected chi connectivity index (χ3v) is 5.12. The van der Waals surface area contributed by atoms with Gasteiger partial charge in [0.1, 0.15) is 13.2 Å². The largest absolute Gasteiger partial charge is 0.486 e. The van der Waals surface area contributed by atoms with Crippen LogP contribution in [0.3, 0.4) is 0 Å². The number of nitrogens with one attached hydrogen (secondary N) is 1. The molecule has 2 aliphatic rings. The number of anilines is 1. The second-order valence-corrected chi connectivity index (χ2v) is 6.98. The molecule has 0 radical (unpaired) electrons. The number of carbonyl (C=O) groups is 2. The number of fused-ring (bicyclic) bond motifs is 1. The van der Waals surface area contributed by atoms with Gasteiger partial charge in [0.25, 0.3) is 5.91 Å². The molecule has 0 spiro atoms. The van der Waals surface area contributed by atoms with Gasteiger partial charge in [0.05, 0.1) is 12.6 Å². The summed E-state index contributed by atoms with van der Waals surface area (Å²) in [6, 6.07) is 12.8. The van der Waals surface area contributed by atoms with Crippen LogP contribution in [0, 0.1) is 0 Å². The molecule has 1 saturated heterocycles. The Kier molecular flexibility index (Phi) is 5.55. The highest BCUT2D eigenvalue weighted by molar-refractivity contribution is 5.95. The summed E-state index contributed by atoms with van der Waals surface area (Å²) in [7, 11) is 0. The van der Waals surface area contributed by atoms with E-state index in [9.17, 15) is 9.59 Å². The molecule has 0 unspecified atom stereocenters. The zero-order valence-electron chi connectivity index (χ0n) is 16.3. The second-order valence-electron chi connectivity index (χ2n) is 6.98. The number of carbonyl (C=O) groups excluding carboxylic acids is 2. The van der Waals surface area contributed by atoms with E-state index in [-0.39, 0.29) is 11.9 Å². The molecule has 152 valence electrons. The van der Waals surface area contributed by atoms with E-state index in [0.717, 1.165) is 29.9 Å². The van der Waals surface area contributed by atoms with Crippen molar-refractivity contribution in [1.29, 1.82) is 0 Å². The SMILES string of the molecule is CCOC(=O)Nc1ccc(C(=O)N2CCC[C@@H]2c2ccc3c(c2)OCCO3)cc1. The van der Waals surface area contributed by atoms with Gasteiger partial charge >= 0.3 is 6.09 Å². The van der Waals surface area contributed by atoms with Crippen LogP contribution >= 0.6 is 0 Å². The number of hydrogen-bond donors (Lipinski definition) is 1. The van der Waals surface area contributed by atoms with E-state index in [1.54, 1.807) is 31.2 Å². The molecule has 4 rings (SSSR count). The van der Waals surface area contributed by atoms with Gasteiger partial charge < -0.3 is 19.1 Å². The van der Waals surface area contributed by atoms with Crippen LogP contribution in [0.5, 0.6) is 11.5 Å². The third-order valence-electron chi connectivity index (χ3n) is 5.12. The highest BCUT2D eigenvalue weighted by atomic mass is 16.6. The molecule has 1 fully saturated rings. The minimum Gasteiger partial charge on any atom is -0.486 e. The zero-order valence-corrected chi connectivity index (χ0v) is 16.3. The number of benzene rings is 2. The average Bonchev–Trinajstić information content (AvgIpc) is 3.23. The van der Waals surface area contributed by atoms with Crippen molar-refractivity contribution >= 4 is 17.7 Å². The molecule has 7 nitrogen and oxygen atoms in total. The molecule has 0 bridgehead atoms. The maximum atomic E-state index is 13.1. The Bertz CT molecular complexity index is 897. The van der Waals surface area contributed by atoms with E-state index in [0.29, 0.717) is 37.6 Å². The van der Waals surface area contributed by atoms with Crippen molar-refractivity contribution in [1.82, 2.24) is 4.90 Å². The van der Waals surface area contributed by atoms with Crippen LogP contribution in [0.4, 0.5) is 10.5 Å². The third kappa shape index (κ3) is 4.13. The fourth-order valence-electron chi connectivity index (χ4n) is 3.77. The summed E-state index contributed by atoms with van der Waals surface area (Å²) < 4.78 is 16.2. The summed E-state index contributed by atoms with van der Waals surface area (Å²) in [5, 5.41) is 2.63. The lowest BCUT2D eigenvalue weighted by Gasteiger charge is -2.27. The fourth-order valence-corrected chi connectivity index (χ4v) is 3.77. The van der Waals surface area contributed by atoms with Gasteiger partial charge in [0.2, 0.25) is 0 Å². The van der Waals surface area contributed by atoms with Gasteiger partial charge in [-0.2, -0.15) is 0 Å². The first-order valence-electron chi connectivity index (χ1n) is 9.90. The summed E-state index contributed by atoms with van der Waals surface area (Å²) in [4.78, 5) is 26.5. The molecule has 2 aromatic carbocycles. The van der Waals surface area contributed by atoms with Gasteiger partial charge in [-0.05, 0) is 61.7 Å². The molecule has 0 aromatic heterocycles. The fraction of sp³-hybridized carbons (Fsp3) is 0.364. The lowest BCUT2D eigenvalue weighted by Crippen LogP contribution is -2.30. The van der Waals surface area contributed by atoms with E-state index in [2.05, 4.69) is 5.32 Å². The molecule has 1 N–H and O–H groups in total. The van der Waals surface area contributed by atoms with Gasteiger partial charge in [-0.1, -0.05) is 6.07 Å². The molecule has 2 heterocycles. The summed E-state index contributed by atoms with van der Waals surface area (Å²) in [5.74, 6) is 1.47. The van der Waals surface area contributed by atoms with Crippen molar-refractivity contribution in [2.45, 2.75) is 25.8 Å². The summed E-state index contributed by atoms with van der Waals surface area (Å²) >= 11 is 0. The lowest BCUT2D eigenvalue weighted by molar-refractivity contribution is 0.0735. The normalized spacial score (nSPS) is 17.7. The number of amides is 2. The second kappa shape index (κ2) is 8.43. The van der Waals surface area contributed by atoms with Crippen molar-refractivity contribution in [3.05, 3.63) is 53.6 Å². The molecule has 2 aromatic rings. The Morgan fingerprint density at radius 1 is 1.10 bits per heavy atom. The van der Waals surface area contributed by atoms with E-state index < -0.39 is 6.09 Å². The van der Waals surface area contributed by atoms with Crippen LogP contribution in [-0.2, 0) is 4.74 Å². The van der Waals surface area contributed by atoms with Gasteiger partial charge in [-0.15, -0.1) is 0 Å². The molecular formula is C22H24N2O5. The quantitative estimate of drug-likeness (QED) is 0.845. The summed E-state index contributed by atoms with van der Waals surface area (Å²) in [5.41, 5.74) is 2.23. The van der Waals surface area contributed by atoms with Crippen LogP contribution in [0.1, 0.15) is 41.7 Å². The van der Waals surface area contributed by atoms with Gasteiger partial charge in [0.15, 0.2) is 11.5 Å². The van der Waals surface area contributed by atoms with Crippen molar-refractivity contribution in [2.75, 3.05) is 31.7 Å². The van der Waals surface area contributed by atoms with Crippen LogP contribution in [0.2, 0.25) is 0 Å². The maximum Gasteiger partial charge on any atom is 0.411 e. The van der Waals surface area contributed by atoms with Gasteiger partial charge in [-0.25, -0.2) is 4.79 Å². The Morgan fingerprint density at radius 3 is 2.62 bits per heavy atom. The predicted octanol–water partition coefficient (Wildman–Crippen LogP) is 4.00. The van der Waals surface area contributed by atoms with Gasteiger partial charge in [0, 0.05) is 17.8 Å². The number of hydrogen-bond acceptors (Lipinski definition) is 5. The average molecular weight is 396 g/mol. The summed E-state index contributed by atoms with van der Waals surface area (Å²) in [6.07, 6.45) is 1.35. The molecule has 0 saturated carbocycles. The standard InChI is InChI=1S/C22H24N2O5/c1-2-27-22(26)23-17-8-5-15(6-9-17)21(25)24-11-3-4-18(24)16-7-10-19-20(14-16)29-13-12-28-19/h5-10,14,18H,2-4,11-13H2,1H3,(H,23,26)/t18-/m1/s1. The van der Waals surface area contributed by atoms with Crippen molar-refractivity contribution in [2.24, 2.45) is 0 Å². The first kappa shape index (κ1) is 19.1. The molecule has 29 heavy (non-hydrogen) atoms. The van der Waals surface area contributed by atoms with Crippen molar-refractivity contribution < 1.29 is 23.8 Å². The molecule has 2 amide bonds. The topological polar surface area (TPSA) is 77.1 Å². The zero-order chi connectivity index (χ0) is 20.2. The summed E-state index contributed by atoms with van der Waals surface area (Å²) in [6.45, 7) is 3.85. The van der Waals surface area contributed by atoms with E-state index in [1.165, 1.54) is 0 Å². The highest BCUT2D eigenvalue weighted by Gasteiger charge is 2.31. The van der Waals surface area contributed by atoms with Crippen LogP contribution in [0.15, 0.2) is 42.5 Å². The molecular weight excluding hydrogens is 372 g/mol. The molecule has 0 aliphatic carbocycles. The molecule has 1 atom stereocenters. The Balaban J connectivity index is 1.48. The predicted molar refractivity (Wildman–Crippen MR) is 108 cm³/mol. The van der Waals surface area contributed by atoms with Crippen LogP contribution in [-0.4, -0.2) is 43.3 Å².